The van der Waals surface area contributed by atoms with Crippen LogP contribution in [0.25, 0.3) is 16.8 Å². The molecule has 22 heteroatoms. The fourth-order valence-corrected chi connectivity index (χ4v) is 7.46. The Morgan fingerprint density at radius 1 is 1.32 bits per heavy atom. The van der Waals surface area contributed by atoms with Crippen molar-refractivity contribution >= 4 is 71.9 Å². The van der Waals surface area contributed by atoms with Crippen LogP contribution in [0.3, 0.4) is 0 Å². The maximum Gasteiger partial charge on any atom is 0.282 e. The van der Waals surface area contributed by atoms with Gasteiger partial charge in [-0.3, -0.25) is 9.78 Å². The average Bonchev–Trinajstić information content (AvgIpc) is 3.72. The Balaban J connectivity index is 1.08. The maximum atomic E-state index is 12.1. The van der Waals surface area contributed by atoms with Crippen LogP contribution in [-0.4, -0.2) is 86.6 Å². The molecule has 6 N–H and O–H groups in total. The first-order valence-electron chi connectivity index (χ1n) is 12.1. The van der Waals surface area contributed by atoms with Gasteiger partial charge in [0, 0.05) is 20.9 Å². The molecule has 3 unspecified atom stereocenters. The number of thiol groups is 1. The number of rotatable bonds is 10. The highest BCUT2D eigenvalue weighted by Crippen LogP contribution is 2.47. The summed E-state index contributed by atoms with van der Waals surface area (Å²) in [7, 11) is 1.82. The normalized spacial score (nSPS) is 28.6. The third-order valence-corrected chi connectivity index (χ3v) is 9.39. The van der Waals surface area contributed by atoms with Gasteiger partial charge in [0.2, 0.25) is 11.9 Å². The molecule has 0 saturated carbocycles. The molecule has 9 atom stereocenters. The van der Waals surface area contributed by atoms with Gasteiger partial charge in [0.15, 0.2) is 25.8 Å². The van der Waals surface area contributed by atoms with E-state index in [2.05, 4.69) is 57.7 Å². The molecule has 2 fully saturated rings. The first-order chi connectivity index (χ1) is 19.9. The zero-order valence-electron chi connectivity index (χ0n) is 20.9. The van der Waals surface area contributed by atoms with Gasteiger partial charge in [-0.15, -0.1) is 5.10 Å². The molecule has 18 nitrogen and oxygen atoms in total. The number of H-pyrrole nitrogens is 1. The number of aromatic amines is 1. The van der Waals surface area contributed by atoms with Crippen LogP contribution >= 0.6 is 43.2 Å². The lowest BCUT2D eigenvalue weighted by atomic mass is 9.99. The van der Waals surface area contributed by atoms with E-state index in [-0.39, 0.29) is 41.2 Å². The van der Waals surface area contributed by atoms with Crippen molar-refractivity contribution in [3.63, 3.8) is 0 Å². The van der Waals surface area contributed by atoms with Gasteiger partial charge >= 0.3 is 0 Å². The van der Waals surface area contributed by atoms with Gasteiger partial charge in [0.1, 0.15) is 29.3 Å². The fraction of sp³-hybridized carbons (Fsp3) is 0.526. The number of hydrogen-bond acceptors (Lipinski definition) is 17. The quantitative estimate of drug-likeness (QED) is 0.0648. The second-order valence-electron chi connectivity index (χ2n) is 9.18. The van der Waals surface area contributed by atoms with E-state index in [0.717, 1.165) is 5.56 Å². The molecule has 220 valence electrons. The van der Waals surface area contributed by atoms with E-state index in [9.17, 15) is 9.90 Å². The van der Waals surface area contributed by atoms with Crippen LogP contribution in [0.2, 0.25) is 0 Å². The molecule has 0 aliphatic carbocycles. The van der Waals surface area contributed by atoms with Crippen molar-refractivity contribution < 1.29 is 27.6 Å². The number of fused-ring (bicyclic) bond motifs is 2. The minimum Gasteiger partial charge on any atom is -0.387 e. The molecule has 0 bridgehead atoms. The monoisotopic (exact) mass is 645 g/mol. The topological polar surface area (TPSA) is 238 Å². The van der Waals surface area contributed by atoms with Gasteiger partial charge in [-0.1, -0.05) is 17.0 Å². The van der Waals surface area contributed by atoms with Crippen LogP contribution in [0.5, 0.6) is 0 Å². The summed E-state index contributed by atoms with van der Waals surface area (Å²) >= 11 is 5.12. The fourth-order valence-electron chi connectivity index (χ4n) is 4.81. The Hall–Kier alpha value is -2.25. The van der Waals surface area contributed by atoms with E-state index in [1.807, 2.05) is 0 Å². The van der Waals surface area contributed by atoms with E-state index in [1.165, 1.54) is 27.3 Å². The molecular weight excluding hydrogens is 620 g/mol. The van der Waals surface area contributed by atoms with Crippen LogP contribution in [0.4, 0.5) is 11.9 Å². The SMILES string of the molecule is Nc1nc2c(nnn2[C@@H]2SC(OPOC[C@H]3C[C@H](c4cnn5c(N)ncnc45)O[C@@H]3COP)[C@@H](O)[C@H]2OS)c(=O)[nH]1. The molecule has 2 aliphatic rings. The molecule has 4 aromatic heterocycles. The lowest BCUT2D eigenvalue weighted by molar-refractivity contribution is 0.000619. The Morgan fingerprint density at radius 3 is 2.98 bits per heavy atom. The number of aromatic nitrogens is 9. The molecule has 0 aromatic carbocycles. The summed E-state index contributed by atoms with van der Waals surface area (Å²) in [5, 5.41) is 22.4. The van der Waals surface area contributed by atoms with Gasteiger partial charge in [-0.05, 0) is 19.3 Å². The van der Waals surface area contributed by atoms with Crippen LogP contribution in [0, 0.1) is 5.92 Å². The first-order valence-corrected chi connectivity index (χ1v) is 14.7. The zero-order chi connectivity index (χ0) is 28.7. The molecular formula is C19H25N11O7P2S2. The summed E-state index contributed by atoms with van der Waals surface area (Å²) in [6.45, 7) is 0.648. The summed E-state index contributed by atoms with van der Waals surface area (Å²) in [6.07, 6.45) is 1.18. The summed E-state index contributed by atoms with van der Waals surface area (Å²) in [6, 6.07) is 0. The molecule has 2 saturated heterocycles. The number of aliphatic hydroxyl groups excluding tert-OH is 1. The van der Waals surface area contributed by atoms with Crippen LogP contribution < -0.4 is 17.0 Å². The minimum atomic E-state index is -1.10. The Morgan fingerprint density at radius 2 is 2.17 bits per heavy atom. The number of thioether (sulfide) groups is 1. The number of ether oxygens (including phenoxy) is 1. The number of anilines is 2. The van der Waals surface area contributed by atoms with Crippen molar-refractivity contribution in [1.82, 2.24) is 44.5 Å². The molecule has 0 amide bonds. The summed E-state index contributed by atoms with van der Waals surface area (Å²) < 4.78 is 31.3. The minimum absolute atomic E-state index is 0.00270. The van der Waals surface area contributed by atoms with Crippen molar-refractivity contribution in [1.29, 1.82) is 0 Å². The van der Waals surface area contributed by atoms with Gasteiger partial charge in [-0.25, -0.2) is 14.6 Å². The van der Waals surface area contributed by atoms with Crippen molar-refractivity contribution in [2.24, 2.45) is 5.92 Å². The predicted octanol–water partition coefficient (Wildman–Crippen LogP) is -0.226. The third kappa shape index (κ3) is 5.49. The smallest absolute Gasteiger partial charge is 0.282 e. The van der Waals surface area contributed by atoms with Crippen molar-refractivity contribution in [2.45, 2.75) is 41.6 Å². The van der Waals surface area contributed by atoms with Gasteiger partial charge in [-0.2, -0.15) is 14.6 Å². The number of nitrogens with zero attached hydrogens (tertiary/aromatic N) is 8. The lowest BCUT2D eigenvalue weighted by Crippen LogP contribution is -2.33. The highest BCUT2D eigenvalue weighted by Gasteiger charge is 2.47. The molecule has 4 aromatic rings. The molecule has 2 aliphatic heterocycles. The molecule has 6 heterocycles. The van der Waals surface area contributed by atoms with E-state index < -0.39 is 37.6 Å². The second-order valence-corrected chi connectivity index (χ2v) is 11.6. The first kappa shape index (κ1) is 28.9. The number of nitrogen functional groups attached to an aromatic ring is 2. The van der Waals surface area contributed by atoms with Crippen LogP contribution in [0.15, 0.2) is 17.3 Å². The van der Waals surface area contributed by atoms with Gasteiger partial charge < -0.3 is 39.1 Å². The zero-order valence-corrected chi connectivity index (χ0v) is 24.7. The number of nitrogens with two attached hydrogens (primary N) is 2. The second kappa shape index (κ2) is 12.2. The lowest BCUT2D eigenvalue weighted by Gasteiger charge is -2.19. The summed E-state index contributed by atoms with van der Waals surface area (Å²) in [4.78, 5) is 26.9. The van der Waals surface area contributed by atoms with Gasteiger partial charge in [0.05, 0.1) is 31.6 Å². The average molecular weight is 646 g/mol. The number of hydrogen-bond donors (Lipinski definition) is 5. The Kier molecular flexibility index (Phi) is 8.56. The number of nitrogens with one attached hydrogen (secondary N) is 1. The predicted molar refractivity (Wildman–Crippen MR) is 153 cm³/mol. The van der Waals surface area contributed by atoms with Crippen LogP contribution in [0.1, 0.15) is 23.5 Å². The largest absolute Gasteiger partial charge is 0.387 e. The van der Waals surface area contributed by atoms with Crippen molar-refractivity contribution in [3.05, 3.63) is 28.4 Å². The van der Waals surface area contributed by atoms with Crippen LogP contribution in [-0.2, 0) is 22.5 Å². The van der Waals surface area contributed by atoms with E-state index in [0.29, 0.717) is 25.3 Å². The molecule has 0 radical (unpaired) electrons. The van der Waals surface area contributed by atoms with Crippen molar-refractivity contribution in [2.75, 3.05) is 24.7 Å². The van der Waals surface area contributed by atoms with Gasteiger partial charge in [0.25, 0.3) is 5.56 Å². The Bertz CT molecular complexity index is 1590. The van der Waals surface area contributed by atoms with E-state index in [4.69, 9.17) is 34.0 Å². The molecule has 0 spiro atoms. The molecule has 6 rings (SSSR count). The maximum absolute atomic E-state index is 12.1. The van der Waals surface area contributed by atoms with Crippen molar-refractivity contribution in [3.8, 4) is 0 Å². The number of aliphatic hydroxyl groups is 1. The molecule has 41 heavy (non-hydrogen) atoms. The highest BCUT2D eigenvalue weighted by molar-refractivity contribution is 8.00. The highest BCUT2D eigenvalue weighted by atomic mass is 32.2. The van der Waals surface area contributed by atoms with E-state index >= 15 is 0 Å². The standard InChI is InChI=1S/C19H25N11O7P2S2/c20-18-25-14-10(15(32)26-18)27-28-29(14)16-12(37-40)11(31)17(41-16)36-39-34-3-6-1-8(35-9(6)4-33-38)7-2-24-30-13(7)22-5-23-19(30)21/h2,5-6,8-9,11-12,16-17,31,39-40H,1,3-4,38H2,(H2,21,22,23)(H3,20,25,26,32)/t6-,8-,9-,11+,12-,16-,17?/m1/s1. The summed E-state index contributed by atoms with van der Waals surface area (Å²) in [5.74, 6) is 0.112. The Labute approximate surface area is 244 Å². The third-order valence-electron chi connectivity index (χ3n) is 6.75. The summed E-state index contributed by atoms with van der Waals surface area (Å²) in [5.41, 5.74) is 11.8. The van der Waals surface area contributed by atoms with E-state index in [1.54, 1.807) is 6.20 Å².